The lowest BCUT2D eigenvalue weighted by Gasteiger charge is -2.28. The number of ether oxygens (including phenoxy) is 3. The van der Waals surface area contributed by atoms with Gasteiger partial charge in [0, 0.05) is 28.0 Å². The van der Waals surface area contributed by atoms with E-state index in [1.807, 2.05) is 87.5 Å². The van der Waals surface area contributed by atoms with Crippen LogP contribution in [0.25, 0.3) is 21.9 Å². The number of esters is 1. The fourth-order valence-electron chi connectivity index (χ4n) is 5.56. The number of hydrogen-bond donors (Lipinski definition) is 4. The van der Waals surface area contributed by atoms with Crippen molar-refractivity contribution in [3.8, 4) is 11.6 Å². The van der Waals surface area contributed by atoms with Gasteiger partial charge in [0.2, 0.25) is 11.8 Å². The van der Waals surface area contributed by atoms with Crippen LogP contribution in [0.5, 0.6) is 11.6 Å². The lowest BCUT2D eigenvalue weighted by Crippen LogP contribution is -2.45. The van der Waals surface area contributed by atoms with E-state index in [0.717, 1.165) is 5.39 Å². The predicted octanol–water partition coefficient (Wildman–Crippen LogP) is 4.98. The number of aliphatic hydroxyl groups excluding tert-OH is 1. The normalized spacial score (nSPS) is 22.9. The molecule has 15 nitrogen and oxygen atoms in total. The summed E-state index contributed by atoms with van der Waals surface area (Å²) < 4.78 is 45.9. The zero-order chi connectivity index (χ0) is 36.6. The van der Waals surface area contributed by atoms with Crippen LogP contribution in [0.2, 0.25) is 0 Å². The molecule has 3 heterocycles. The minimum atomic E-state index is -4.44. The fraction of sp³-hybridized carbons (Fsp3) is 0.515. The minimum Gasteiger partial charge on any atom is -0.479 e. The van der Waals surface area contributed by atoms with E-state index >= 15 is 0 Å². The summed E-state index contributed by atoms with van der Waals surface area (Å²) in [7, 11) is -3.03. The Bertz CT molecular complexity index is 1890. The van der Waals surface area contributed by atoms with Gasteiger partial charge in [0.15, 0.2) is 21.2 Å². The van der Waals surface area contributed by atoms with Crippen molar-refractivity contribution in [3.63, 3.8) is 0 Å². The van der Waals surface area contributed by atoms with Crippen molar-refractivity contribution in [2.24, 2.45) is 11.3 Å². The summed E-state index contributed by atoms with van der Waals surface area (Å²) in [5.74, 6) is -0.345. The third-order valence-electron chi connectivity index (χ3n) is 7.99. The Morgan fingerprint density at radius 1 is 1.18 bits per heavy atom. The molecule has 0 spiro atoms. The summed E-state index contributed by atoms with van der Waals surface area (Å²) in [6.07, 6.45) is -3.76. The van der Waals surface area contributed by atoms with Crippen LogP contribution < -0.4 is 20.1 Å². The second kappa shape index (κ2) is 14.9. The van der Waals surface area contributed by atoms with Crippen molar-refractivity contribution in [2.45, 2.75) is 78.0 Å². The van der Waals surface area contributed by atoms with E-state index in [0.29, 0.717) is 9.22 Å². The molecule has 4 aromatic rings. The molecule has 1 saturated heterocycles. The molecule has 0 saturated carbocycles. The number of methoxy groups -OCH3 is 1. The first kappa shape index (κ1) is 38.1. The highest BCUT2D eigenvalue weighted by Crippen LogP contribution is 2.49. The molecule has 5 N–H and O–H groups in total. The van der Waals surface area contributed by atoms with E-state index in [-0.39, 0.29) is 53.1 Å². The van der Waals surface area contributed by atoms with Crippen LogP contribution in [0.1, 0.15) is 54.2 Å². The van der Waals surface area contributed by atoms with Crippen molar-refractivity contribution >= 4 is 64.2 Å². The van der Waals surface area contributed by atoms with Crippen molar-refractivity contribution in [2.75, 3.05) is 26.1 Å². The summed E-state index contributed by atoms with van der Waals surface area (Å²) >= 11 is 1.94. The smallest absolute Gasteiger partial charge is 0.459 e. The van der Waals surface area contributed by atoms with Gasteiger partial charge in [0.25, 0.3) is 0 Å². The Labute approximate surface area is 303 Å². The van der Waals surface area contributed by atoms with Crippen LogP contribution in [-0.4, -0.2) is 79.9 Å². The van der Waals surface area contributed by atoms with E-state index in [9.17, 15) is 19.6 Å². The number of benzene rings is 2. The van der Waals surface area contributed by atoms with Gasteiger partial charge < -0.3 is 34.7 Å². The van der Waals surface area contributed by atoms with E-state index in [4.69, 9.17) is 29.0 Å². The van der Waals surface area contributed by atoms with E-state index < -0.39 is 50.4 Å². The van der Waals surface area contributed by atoms with Crippen molar-refractivity contribution in [3.05, 3.63) is 46.3 Å². The maximum absolute atomic E-state index is 14.8. The van der Waals surface area contributed by atoms with Gasteiger partial charge in [-0.15, -0.1) is 0 Å². The van der Waals surface area contributed by atoms with Crippen LogP contribution in [0.4, 0.5) is 5.95 Å². The number of halogens is 1. The summed E-state index contributed by atoms with van der Waals surface area (Å²) in [5.41, 5.74) is 4.17. The monoisotopic (exact) mass is 826 g/mol. The standard InChI is InChI=1S/C33H44IN6O9P/c1-18(2)15-21(28(42)46-17-32(3,4)5)39-50(44,49-22-14-10-12-19-11-8-9-13-20(19)22)47-16-23-25(41)33(6,43)29(48-23)40-26-24(36-30(40)34)27(45-7)38-31(35)37-26/h8-14,18,21,23,25,29,41,43H,15-17H2,1-7H3,(H,39,44)(H2,35,37,38)/t21-,23+,25?,29+,33+,50?/m0/s1. The topological polar surface area (TPSA) is 202 Å². The highest BCUT2D eigenvalue weighted by atomic mass is 127. The van der Waals surface area contributed by atoms with Gasteiger partial charge in [-0.25, -0.2) is 9.55 Å². The lowest BCUT2D eigenvalue weighted by molar-refractivity contribution is -0.149. The van der Waals surface area contributed by atoms with E-state index in [2.05, 4.69) is 20.0 Å². The molecule has 0 radical (unpaired) electrons. The summed E-state index contributed by atoms with van der Waals surface area (Å²) in [4.78, 5) is 26.2. The number of hydrogen-bond acceptors (Lipinski definition) is 13. The zero-order valence-corrected chi connectivity index (χ0v) is 32.0. The molecule has 50 heavy (non-hydrogen) atoms. The van der Waals surface area contributed by atoms with Gasteiger partial charge in [-0.1, -0.05) is 71.0 Å². The number of carbonyl (C=O) groups excluding carboxylic acids is 1. The first-order valence-corrected chi connectivity index (χ1v) is 18.7. The van der Waals surface area contributed by atoms with Crippen molar-refractivity contribution < 1.29 is 42.8 Å². The molecule has 0 aliphatic carbocycles. The highest BCUT2D eigenvalue weighted by Gasteiger charge is 2.55. The Hall–Kier alpha value is -3.12. The van der Waals surface area contributed by atoms with Crippen LogP contribution in [0.15, 0.2) is 42.5 Å². The zero-order valence-electron chi connectivity index (χ0n) is 29.0. The Morgan fingerprint density at radius 3 is 2.56 bits per heavy atom. The van der Waals surface area contributed by atoms with Crippen LogP contribution in [-0.2, 0) is 23.4 Å². The van der Waals surface area contributed by atoms with Crippen LogP contribution >= 0.6 is 30.3 Å². The van der Waals surface area contributed by atoms with Crippen LogP contribution in [0.3, 0.4) is 0 Å². The van der Waals surface area contributed by atoms with Gasteiger partial charge in [0.05, 0.1) is 20.3 Å². The first-order valence-electron chi connectivity index (χ1n) is 16.1. The summed E-state index contributed by atoms with van der Waals surface area (Å²) in [5, 5.41) is 27.3. The highest BCUT2D eigenvalue weighted by molar-refractivity contribution is 14.1. The number of aliphatic hydroxyl groups is 2. The second-order valence-corrected chi connectivity index (χ2v) is 16.7. The predicted molar refractivity (Wildman–Crippen MR) is 194 cm³/mol. The Morgan fingerprint density at radius 2 is 1.88 bits per heavy atom. The maximum Gasteiger partial charge on any atom is 0.459 e. The molecule has 1 aliphatic heterocycles. The van der Waals surface area contributed by atoms with Crippen molar-refractivity contribution in [1.82, 2.24) is 24.6 Å². The van der Waals surface area contributed by atoms with Gasteiger partial charge in [-0.05, 0) is 36.1 Å². The number of rotatable bonds is 13. The quantitative estimate of drug-likeness (QED) is 0.0608. The minimum absolute atomic E-state index is 0.000445. The number of fused-ring (bicyclic) bond motifs is 2. The Balaban J connectivity index is 1.46. The van der Waals surface area contributed by atoms with E-state index in [1.165, 1.54) is 18.6 Å². The first-order chi connectivity index (χ1) is 23.4. The van der Waals surface area contributed by atoms with Crippen LogP contribution in [0, 0.1) is 15.2 Å². The number of imidazole rings is 1. The molecule has 5 rings (SSSR count). The fourth-order valence-corrected chi connectivity index (χ4v) is 7.82. The molecule has 6 atom stereocenters. The molecule has 0 amide bonds. The summed E-state index contributed by atoms with van der Waals surface area (Å²) in [6.45, 7) is 10.7. The molecule has 272 valence electrons. The summed E-state index contributed by atoms with van der Waals surface area (Å²) in [6, 6.07) is 11.6. The third-order valence-corrected chi connectivity index (χ3v) is 10.3. The average molecular weight is 827 g/mol. The molecule has 2 unspecified atom stereocenters. The number of anilines is 1. The largest absolute Gasteiger partial charge is 0.479 e. The van der Waals surface area contributed by atoms with Gasteiger partial charge >= 0.3 is 13.7 Å². The number of nitrogens with one attached hydrogen (secondary N) is 1. The number of carbonyl (C=O) groups is 1. The van der Waals surface area contributed by atoms with Gasteiger partial charge in [-0.3, -0.25) is 13.9 Å². The van der Waals surface area contributed by atoms with Gasteiger partial charge in [-0.2, -0.15) is 15.1 Å². The number of nitrogen functional groups attached to an aromatic ring is 1. The molecule has 0 bridgehead atoms. The van der Waals surface area contributed by atoms with E-state index in [1.54, 1.807) is 12.1 Å². The third kappa shape index (κ3) is 8.33. The number of nitrogens with two attached hydrogens (primary N) is 1. The molecule has 1 aliphatic rings. The maximum atomic E-state index is 14.8. The average Bonchev–Trinajstić information content (AvgIpc) is 3.48. The number of aromatic nitrogens is 4. The number of nitrogens with zero attached hydrogens (tertiary/aromatic N) is 4. The SMILES string of the molecule is COc1nc(N)nc2c1nc(I)n2[C@@H]1O[C@H](COP(=O)(N[C@@H](CC(C)C)C(=O)OCC(C)(C)C)Oc2cccc3ccccc23)C(O)[C@@]1(C)O. The molecule has 17 heteroatoms. The lowest BCUT2D eigenvalue weighted by atomic mass is 9.96. The molecule has 2 aromatic heterocycles. The molecule has 2 aromatic carbocycles. The second-order valence-electron chi connectivity index (χ2n) is 14.1. The van der Waals surface area contributed by atoms with Crippen molar-refractivity contribution in [1.29, 1.82) is 0 Å². The molecular formula is C33H44IN6O9P. The Kier molecular flexibility index (Phi) is 11.3. The van der Waals surface area contributed by atoms with Gasteiger partial charge in [0.1, 0.15) is 29.6 Å². The molecule has 1 fully saturated rings. The molecular weight excluding hydrogens is 782 g/mol.